The Morgan fingerprint density at radius 3 is 2.24 bits per heavy atom. The smallest absolute Gasteiger partial charge is 0.550 e. The van der Waals surface area contributed by atoms with Crippen LogP contribution in [0.1, 0.15) is 27.3 Å². The molecule has 0 aliphatic rings. The van der Waals surface area contributed by atoms with E-state index >= 15 is 0 Å². The molecule has 0 unspecified atom stereocenters. The first-order chi connectivity index (χ1) is 10.2. The van der Waals surface area contributed by atoms with Crippen molar-refractivity contribution in [1.29, 1.82) is 0 Å². The van der Waals surface area contributed by atoms with Crippen molar-refractivity contribution < 1.29 is 68.4 Å². The van der Waals surface area contributed by atoms with Crippen molar-refractivity contribution in [3.8, 4) is 0 Å². The summed E-state index contributed by atoms with van der Waals surface area (Å²) >= 11 is 0. The van der Waals surface area contributed by atoms with Crippen molar-refractivity contribution in [3.05, 3.63) is 58.9 Å². The number of carboxylic acid groups (broad SMARTS) is 1. The van der Waals surface area contributed by atoms with Gasteiger partial charge >= 0.3 is 35.7 Å². The number of benzene rings is 1. The molecule has 0 bridgehead atoms. The third-order valence-corrected chi connectivity index (χ3v) is 3.24. The van der Waals surface area contributed by atoms with Gasteiger partial charge in [-0.25, -0.2) is 0 Å². The molecule has 0 spiro atoms. The van der Waals surface area contributed by atoms with Gasteiger partial charge in [0.25, 0.3) is 0 Å². The van der Waals surface area contributed by atoms with Crippen LogP contribution in [0.3, 0.4) is 0 Å². The van der Waals surface area contributed by atoms with E-state index in [1.807, 2.05) is 0 Å². The van der Waals surface area contributed by atoms with Crippen LogP contribution < -0.4 is 34.7 Å². The van der Waals surface area contributed by atoms with E-state index in [-0.39, 0.29) is 58.2 Å². The summed E-state index contributed by atoms with van der Waals surface area (Å²) in [6, 6.07) is 6.89. The number of rotatable bonds is 4. The molecule has 0 aliphatic carbocycles. The van der Waals surface area contributed by atoms with Gasteiger partial charge in [-0.05, 0) is 24.3 Å². The fourth-order valence-corrected chi connectivity index (χ4v) is 2.09. The number of hydrogen-bond donors (Lipinski definition) is 0. The van der Waals surface area contributed by atoms with Gasteiger partial charge in [0.2, 0.25) is 5.78 Å². The molecular formula is C15H15F3NNaO5. The number of carbonyl (C=O) groups is 2. The Hall–Kier alpha value is -1.65. The second-order valence-electron chi connectivity index (χ2n) is 4.73. The molecule has 0 atom stereocenters. The monoisotopic (exact) mass is 369 g/mol. The average molecular weight is 369 g/mol. The standard InChI is InChI=1S/C15H12F3NO3.Na.2H2O/c1-19-11(8-13(20)21)5-6-12(19)14(22)9-3-2-4-10(7-9)15(16,17)18;;;/h2-7H,8H2,1H3,(H,20,21);;2*1H2/q;+1;;/p-1. The maximum Gasteiger partial charge on any atom is 1.00 e. The zero-order valence-electron chi connectivity index (χ0n) is 13.5. The van der Waals surface area contributed by atoms with Gasteiger partial charge in [-0.15, -0.1) is 0 Å². The molecule has 1 heterocycles. The van der Waals surface area contributed by atoms with Crippen LogP contribution in [0, 0.1) is 0 Å². The van der Waals surface area contributed by atoms with E-state index < -0.39 is 23.5 Å². The Kier molecular flexibility index (Phi) is 9.96. The number of carboxylic acids is 1. The van der Waals surface area contributed by atoms with Gasteiger partial charge in [-0.3, -0.25) is 4.79 Å². The number of nitrogens with zero attached hydrogens (tertiary/aromatic N) is 1. The molecule has 0 amide bonds. The van der Waals surface area contributed by atoms with Crippen LogP contribution in [0.4, 0.5) is 13.2 Å². The van der Waals surface area contributed by atoms with Gasteiger partial charge in [0.05, 0.1) is 11.3 Å². The fraction of sp³-hybridized carbons (Fsp3) is 0.200. The van der Waals surface area contributed by atoms with Crippen molar-refractivity contribution in [3.63, 3.8) is 0 Å². The first-order valence-electron chi connectivity index (χ1n) is 6.26. The minimum absolute atomic E-state index is 0. The number of aliphatic carboxylic acids is 1. The van der Waals surface area contributed by atoms with Crippen molar-refractivity contribution >= 4 is 11.8 Å². The topological polar surface area (TPSA) is 125 Å². The number of hydrogen-bond acceptors (Lipinski definition) is 3. The minimum Gasteiger partial charge on any atom is -0.550 e. The third-order valence-electron chi connectivity index (χ3n) is 3.24. The molecule has 132 valence electrons. The number of aromatic nitrogens is 1. The number of carbonyl (C=O) groups excluding carboxylic acids is 2. The SMILES string of the molecule is Cn1c(CC(=O)[O-])ccc1C(=O)c1cccc(C(F)(F)F)c1.O.O.[Na+]. The minimum atomic E-state index is -4.54. The zero-order valence-corrected chi connectivity index (χ0v) is 15.5. The molecule has 0 radical (unpaired) electrons. The number of alkyl halides is 3. The first kappa shape index (κ1) is 25.6. The summed E-state index contributed by atoms with van der Waals surface area (Å²) in [7, 11) is 1.47. The van der Waals surface area contributed by atoms with E-state index in [1.165, 1.54) is 29.8 Å². The molecule has 2 aromatic rings. The molecule has 0 saturated heterocycles. The summed E-state index contributed by atoms with van der Waals surface area (Å²) in [6.45, 7) is 0. The van der Waals surface area contributed by atoms with Crippen LogP contribution in [-0.4, -0.2) is 27.3 Å². The second kappa shape index (κ2) is 9.73. The van der Waals surface area contributed by atoms with Gasteiger partial charge < -0.3 is 25.4 Å². The van der Waals surface area contributed by atoms with Crippen LogP contribution in [0.5, 0.6) is 0 Å². The molecule has 2 rings (SSSR count). The zero-order chi connectivity index (χ0) is 16.5. The summed E-state index contributed by atoms with van der Waals surface area (Å²) in [4.78, 5) is 22.9. The third kappa shape index (κ3) is 5.98. The number of ketones is 1. The first-order valence-corrected chi connectivity index (χ1v) is 6.26. The van der Waals surface area contributed by atoms with Gasteiger partial charge in [0, 0.05) is 30.7 Å². The van der Waals surface area contributed by atoms with Crippen LogP contribution >= 0.6 is 0 Å². The molecule has 1 aromatic heterocycles. The Morgan fingerprint density at radius 2 is 1.72 bits per heavy atom. The van der Waals surface area contributed by atoms with Crippen LogP contribution in [0.15, 0.2) is 36.4 Å². The largest absolute Gasteiger partial charge is 1.00 e. The summed E-state index contributed by atoms with van der Waals surface area (Å²) in [5.41, 5.74) is -0.593. The van der Waals surface area contributed by atoms with Crippen molar-refractivity contribution in [2.24, 2.45) is 7.05 Å². The Morgan fingerprint density at radius 1 is 1.12 bits per heavy atom. The van der Waals surface area contributed by atoms with Crippen molar-refractivity contribution in [2.75, 3.05) is 0 Å². The molecule has 0 fully saturated rings. The van der Waals surface area contributed by atoms with E-state index in [1.54, 1.807) is 0 Å². The van der Waals surface area contributed by atoms with Gasteiger partial charge in [0.15, 0.2) is 0 Å². The Bertz CT molecular complexity index is 743. The van der Waals surface area contributed by atoms with Gasteiger partial charge in [0.1, 0.15) is 0 Å². The molecule has 6 nitrogen and oxygen atoms in total. The molecule has 25 heavy (non-hydrogen) atoms. The van der Waals surface area contributed by atoms with Crippen molar-refractivity contribution in [2.45, 2.75) is 12.6 Å². The summed E-state index contributed by atoms with van der Waals surface area (Å²) in [6.07, 6.45) is -4.92. The van der Waals surface area contributed by atoms with Gasteiger partial charge in [-0.2, -0.15) is 13.2 Å². The molecule has 10 heteroatoms. The molecular weight excluding hydrogens is 354 g/mol. The predicted molar refractivity (Wildman–Crippen MR) is 76.2 cm³/mol. The predicted octanol–water partition coefficient (Wildman–Crippen LogP) is -3.08. The quantitative estimate of drug-likeness (QED) is 0.419. The van der Waals surface area contributed by atoms with Gasteiger partial charge in [-0.1, -0.05) is 12.1 Å². The number of halogens is 3. The van der Waals surface area contributed by atoms with E-state index in [0.717, 1.165) is 18.2 Å². The maximum absolute atomic E-state index is 12.7. The Balaban J connectivity index is 0. The molecule has 0 saturated carbocycles. The fourth-order valence-electron chi connectivity index (χ4n) is 2.09. The van der Waals surface area contributed by atoms with E-state index in [4.69, 9.17) is 0 Å². The maximum atomic E-state index is 12.7. The normalized spacial score (nSPS) is 10.1. The van der Waals surface area contributed by atoms with Crippen LogP contribution in [-0.2, 0) is 24.4 Å². The summed E-state index contributed by atoms with van der Waals surface area (Å²) in [5.74, 6) is -1.92. The van der Waals surface area contributed by atoms with E-state index in [0.29, 0.717) is 5.69 Å². The van der Waals surface area contributed by atoms with Crippen LogP contribution in [0.2, 0.25) is 0 Å². The van der Waals surface area contributed by atoms with Crippen LogP contribution in [0.25, 0.3) is 0 Å². The van der Waals surface area contributed by atoms with E-state index in [9.17, 15) is 27.9 Å². The molecule has 4 N–H and O–H groups in total. The molecule has 1 aromatic carbocycles. The summed E-state index contributed by atoms with van der Waals surface area (Å²) < 4.78 is 39.3. The average Bonchev–Trinajstić information content (AvgIpc) is 2.78. The van der Waals surface area contributed by atoms with Crippen molar-refractivity contribution in [1.82, 2.24) is 4.57 Å². The second-order valence-corrected chi connectivity index (χ2v) is 4.73. The summed E-state index contributed by atoms with van der Waals surface area (Å²) in [5, 5.41) is 10.6. The Labute approximate surface area is 163 Å². The van der Waals surface area contributed by atoms with E-state index in [2.05, 4.69) is 0 Å². The molecule has 0 aliphatic heterocycles.